The quantitative estimate of drug-likeness (QED) is 0.706. The molecule has 0 aromatic rings. The van der Waals surface area contributed by atoms with Gasteiger partial charge in [-0.3, -0.25) is 4.79 Å². The second-order valence-electron chi connectivity index (χ2n) is 2.95. The summed E-state index contributed by atoms with van der Waals surface area (Å²) >= 11 is 0. The first-order valence-corrected chi connectivity index (χ1v) is 3.43. The molecule has 0 aliphatic heterocycles. The fraction of sp³-hybridized carbons (Fsp3) is 0.857. The summed E-state index contributed by atoms with van der Waals surface area (Å²) in [6.07, 6.45) is 2.86. The van der Waals surface area contributed by atoms with Crippen LogP contribution in [0.5, 0.6) is 0 Å². The van der Waals surface area contributed by atoms with Gasteiger partial charge < -0.3 is 5.11 Å². The van der Waals surface area contributed by atoms with Crippen molar-refractivity contribution in [2.75, 3.05) is 0 Å². The van der Waals surface area contributed by atoms with E-state index >= 15 is 0 Å². The molecule has 1 rings (SSSR count). The summed E-state index contributed by atoms with van der Waals surface area (Å²) in [5.41, 5.74) is 0. The van der Waals surface area contributed by atoms with Crippen molar-refractivity contribution >= 4 is 5.97 Å². The molecule has 0 saturated heterocycles. The van der Waals surface area contributed by atoms with E-state index in [4.69, 9.17) is 5.11 Å². The van der Waals surface area contributed by atoms with Gasteiger partial charge in [-0.25, -0.2) is 0 Å². The Balaban J connectivity index is 0.000000810. The SMILES string of the molecule is CC1CCC(C(=O)O)C1.[Cd]. The molecule has 0 spiro atoms. The minimum Gasteiger partial charge on any atom is -0.481 e. The predicted octanol–water partition coefficient (Wildman–Crippen LogP) is 1.50. The van der Waals surface area contributed by atoms with Crippen LogP contribution >= 0.6 is 0 Å². The Morgan fingerprint density at radius 1 is 1.50 bits per heavy atom. The number of aliphatic carboxylic acids is 1. The van der Waals surface area contributed by atoms with Gasteiger partial charge in [0.05, 0.1) is 5.92 Å². The summed E-state index contributed by atoms with van der Waals surface area (Å²) in [7, 11) is 0. The third kappa shape index (κ3) is 2.56. The predicted molar refractivity (Wildman–Crippen MR) is 34.1 cm³/mol. The molecule has 0 heterocycles. The minimum atomic E-state index is -0.612. The van der Waals surface area contributed by atoms with Crippen LogP contribution < -0.4 is 0 Å². The summed E-state index contributed by atoms with van der Waals surface area (Å²) in [4.78, 5) is 10.3. The van der Waals surface area contributed by atoms with E-state index in [1.165, 1.54) is 0 Å². The van der Waals surface area contributed by atoms with Crippen LogP contribution in [-0.2, 0) is 32.1 Å². The van der Waals surface area contributed by atoms with Gasteiger partial charge in [-0.2, -0.15) is 0 Å². The van der Waals surface area contributed by atoms with Gasteiger partial charge in [0.15, 0.2) is 0 Å². The molecule has 1 N–H and O–H groups in total. The van der Waals surface area contributed by atoms with Crippen LogP contribution in [0.4, 0.5) is 0 Å². The standard InChI is InChI=1S/C7H12O2.Cd/c1-5-2-3-6(4-5)7(8)9;/h5-6H,2-4H2,1H3,(H,8,9);. The van der Waals surface area contributed by atoms with Crippen LogP contribution in [0, 0.1) is 11.8 Å². The normalized spacial score (nSPS) is 31.3. The number of carbonyl (C=O) groups is 1. The Bertz CT molecular complexity index is 125. The zero-order chi connectivity index (χ0) is 6.85. The molecule has 1 saturated carbocycles. The molecule has 2 unspecified atom stereocenters. The van der Waals surface area contributed by atoms with Crippen LogP contribution in [0.1, 0.15) is 26.2 Å². The van der Waals surface area contributed by atoms with Crippen LogP contribution in [0.3, 0.4) is 0 Å². The van der Waals surface area contributed by atoms with Crippen molar-refractivity contribution in [3.63, 3.8) is 0 Å². The first kappa shape index (κ1) is 10.4. The zero-order valence-electron chi connectivity index (χ0n) is 6.34. The van der Waals surface area contributed by atoms with Crippen molar-refractivity contribution in [1.82, 2.24) is 0 Å². The molecule has 0 radical (unpaired) electrons. The number of carboxylic acid groups (broad SMARTS) is 1. The molecule has 1 fully saturated rings. The third-order valence-electron chi connectivity index (χ3n) is 2.04. The van der Waals surface area contributed by atoms with Crippen molar-refractivity contribution < 1.29 is 37.2 Å². The Labute approximate surface area is 81.2 Å². The molecular weight excluding hydrogens is 228 g/mol. The van der Waals surface area contributed by atoms with Crippen molar-refractivity contribution in [1.29, 1.82) is 0 Å². The molecule has 0 aromatic heterocycles. The maximum absolute atomic E-state index is 10.3. The fourth-order valence-corrected chi connectivity index (χ4v) is 1.43. The van der Waals surface area contributed by atoms with E-state index < -0.39 is 5.97 Å². The van der Waals surface area contributed by atoms with Gasteiger partial charge in [-0.15, -0.1) is 0 Å². The number of hydrogen-bond donors (Lipinski definition) is 1. The van der Waals surface area contributed by atoms with E-state index in [2.05, 4.69) is 6.92 Å². The average molecular weight is 241 g/mol. The Morgan fingerprint density at radius 3 is 2.30 bits per heavy atom. The van der Waals surface area contributed by atoms with Gasteiger partial charge in [0, 0.05) is 27.3 Å². The van der Waals surface area contributed by atoms with E-state index in [0.29, 0.717) is 5.92 Å². The fourth-order valence-electron chi connectivity index (χ4n) is 1.43. The van der Waals surface area contributed by atoms with Crippen molar-refractivity contribution in [2.45, 2.75) is 26.2 Å². The molecular formula is C7H12CdO2. The molecule has 3 heteroatoms. The Kier molecular flexibility index (Phi) is 4.48. The topological polar surface area (TPSA) is 37.3 Å². The molecule has 10 heavy (non-hydrogen) atoms. The van der Waals surface area contributed by atoms with E-state index in [1.807, 2.05) is 0 Å². The monoisotopic (exact) mass is 242 g/mol. The molecule has 2 nitrogen and oxygen atoms in total. The van der Waals surface area contributed by atoms with Crippen molar-refractivity contribution in [3.8, 4) is 0 Å². The number of rotatable bonds is 1. The first-order chi connectivity index (χ1) is 4.20. The van der Waals surface area contributed by atoms with Crippen LogP contribution in [-0.4, -0.2) is 11.1 Å². The second kappa shape index (κ2) is 4.31. The number of carboxylic acids is 1. The molecule has 2 atom stereocenters. The van der Waals surface area contributed by atoms with E-state index in [9.17, 15) is 4.79 Å². The molecule has 54 valence electrons. The van der Waals surface area contributed by atoms with Gasteiger partial charge in [0.2, 0.25) is 0 Å². The molecule has 0 aromatic carbocycles. The average Bonchev–Trinajstić information content (AvgIpc) is 2.14. The van der Waals surface area contributed by atoms with Crippen molar-refractivity contribution in [3.05, 3.63) is 0 Å². The molecule has 0 bridgehead atoms. The smallest absolute Gasteiger partial charge is 0.306 e. The van der Waals surface area contributed by atoms with Crippen molar-refractivity contribution in [2.24, 2.45) is 11.8 Å². The Morgan fingerprint density at radius 2 is 2.10 bits per heavy atom. The Hall–Kier alpha value is 0.392. The van der Waals surface area contributed by atoms with Gasteiger partial charge in [-0.1, -0.05) is 6.92 Å². The minimum absolute atomic E-state index is 0. The van der Waals surface area contributed by atoms with Crippen LogP contribution in [0.25, 0.3) is 0 Å². The summed E-state index contributed by atoms with van der Waals surface area (Å²) in [6, 6.07) is 0. The third-order valence-corrected chi connectivity index (χ3v) is 2.04. The van der Waals surface area contributed by atoms with Gasteiger partial charge in [0.25, 0.3) is 0 Å². The summed E-state index contributed by atoms with van der Waals surface area (Å²) in [5, 5.41) is 8.53. The second-order valence-corrected chi connectivity index (χ2v) is 2.95. The summed E-state index contributed by atoms with van der Waals surface area (Å²) in [5.74, 6) is -0.0227. The van der Waals surface area contributed by atoms with Gasteiger partial charge >= 0.3 is 5.97 Å². The molecule has 1 aliphatic rings. The van der Waals surface area contributed by atoms with Crippen LogP contribution in [0.15, 0.2) is 0 Å². The van der Waals surface area contributed by atoms with Crippen LogP contribution in [0.2, 0.25) is 0 Å². The van der Waals surface area contributed by atoms with E-state index in [1.54, 1.807) is 0 Å². The maximum atomic E-state index is 10.3. The molecule has 0 amide bonds. The van der Waals surface area contributed by atoms with Gasteiger partial charge in [-0.05, 0) is 25.2 Å². The summed E-state index contributed by atoms with van der Waals surface area (Å²) in [6.45, 7) is 2.11. The molecule has 1 aliphatic carbocycles. The number of hydrogen-bond acceptors (Lipinski definition) is 1. The zero-order valence-corrected chi connectivity index (χ0v) is 10.4. The first-order valence-electron chi connectivity index (χ1n) is 3.43. The largest absolute Gasteiger partial charge is 0.481 e. The summed E-state index contributed by atoms with van der Waals surface area (Å²) < 4.78 is 0. The van der Waals surface area contributed by atoms with E-state index in [-0.39, 0.29) is 33.2 Å². The van der Waals surface area contributed by atoms with Gasteiger partial charge in [0.1, 0.15) is 0 Å². The van der Waals surface area contributed by atoms with E-state index in [0.717, 1.165) is 19.3 Å². The maximum Gasteiger partial charge on any atom is 0.306 e.